The van der Waals surface area contributed by atoms with E-state index in [9.17, 15) is 14.7 Å². The van der Waals surface area contributed by atoms with Gasteiger partial charge in [-0.1, -0.05) is 86.6 Å². The maximum atomic E-state index is 13.1. The summed E-state index contributed by atoms with van der Waals surface area (Å²) in [6, 6.07) is 24.9. The molecule has 0 spiro atoms. The minimum atomic E-state index is -0.856. The molecule has 3 unspecified atom stereocenters. The van der Waals surface area contributed by atoms with Crippen LogP contribution in [-0.2, 0) is 22.6 Å². The number of ether oxygens (including phenoxy) is 1. The van der Waals surface area contributed by atoms with Crippen molar-refractivity contribution in [2.45, 2.75) is 51.5 Å². The van der Waals surface area contributed by atoms with Gasteiger partial charge in [-0.15, -0.1) is 0 Å². The lowest BCUT2D eigenvalue weighted by Gasteiger charge is -2.22. The van der Waals surface area contributed by atoms with Gasteiger partial charge in [0, 0.05) is 13.0 Å². The topological polar surface area (TPSA) is 114 Å². The summed E-state index contributed by atoms with van der Waals surface area (Å²) in [4.78, 5) is 25.8. The number of carbonyl (C=O) groups is 2. The van der Waals surface area contributed by atoms with Crippen LogP contribution >= 0.6 is 0 Å². The molecule has 2 amide bonds. The van der Waals surface area contributed by atoms with Crippen molar-refractivity contribution in [2.75, 3.05) is 6.54 Å². The van der Waals surface area contributed by atoms with Gasteiger partial charge in [0.2, 0.25) is 11.8 Å². The van der Waals surface area contributed by atoms with Gasteiger partial charge >= 0.3 is 0 Å². The van der Waals surface area contributed by atoms with Crippen molar-refractivity contribution in [3.63, 3.8) is 0 Å². The molecule has 0 aromatic heterocycles. The van der Waals surface area contributed by atoms with Gasteiger partial charge in [-0.25, -0.2) is 0 Å². The Bertz CT molecular complexity index is 1100. The molecule has 0 radical (unpaired) electrons. The minimum Gasteiger partial charge on any atom is -0.489 e. The van der Waals surface area contributed by atoms with E-state index in [0.717, 1.165) is 11.1 Å². The molecule has 196 valence electrons. The Kier molecular flexibility index (Phi) is 10.7. The predicted molar refractivity (Wildman–Crippen MR) is 145 cm³/mol. The van der Waals surface area contributed by atoms with Crippen molar-refractivity contribution >= 4 is 11.8 Å². The first-order valence-electron chi connectivity index (χ1n) is 12.6. The van der Waals surface area contributed by atoms with Crippen LogP contribution in [0.5, 0.6) is 5.75 Å². The fourth-order valence-corrected chi connectivity index (χ4v) is 3.91. The van der Waals surface area contributed by atoms with Gasteiger partial charge in [0.1, 0.15) is 18.4 Å². The van der Waals surface area contributed by atoms with Crippen LogP contribution in [0.15, 0.2) is 84.9 Å². The molecule has 5 N–H and O–H groups in total. The number of hydrogen-bond donors (Lipinski definition) is 4. The van der Waals surface area contributed by atoms with E-state index in [1.807, 2.05) is 86.6 Å². The molecule has 3 rings (SSSR count). The number of rotatable bonds is 13. The van der Waals surface area contributed by atoms with E-state index in [-0.39, 0.29) is 30.7 Å². The van der Waals surface area contributed by atoms with Gasteiger partial charge in [0.25, 0.3) is 0 Å². The lowest BCUT2D eigenvalue weighted by atomic mass is 10.0. The average molecular weight is 504 g/mol. The van der Waals surface area contributed by atoms with E-state index >= 15 is 0 Å². The summed E-state index contributed by atoms with van der Waals surface area (Å²) in [7, 11) is 0. The second-order valence-electron chi connectivity index (χ2n) is 9.59. The first kappa shape index (κ1) is 27.9. The Balaban J connectivity index is 1.64. The van der Waals surface area contributed by atoms with Crippen LogP contribution in [0.4, 0.5) is 0 Å². The molecule has 37 heavy (non-hydrogen) atoms. The van der Waals surface area contributed by atoms with Crippen molar-refractivity contribution in [3.05, 3.63) is 102 Å². The minimum absolute atomic E-state index is 0.0273. The lowest BCUT2D eigenvalue weighted by molar-refractivity contribution is -0.130. The second kappa shape index (κ2) is 14.2. The molecule has 3 atom stereocenters. The third-order valence-electron chi connectivity index (χ3n) is 5.96. The largest absolute Gasteiger partial charge is 0.489 e. The third-order valence-corrected chi connectivity index (χ3v) is 5.96. The molecule has 0 saturated heterocycles. The van der Waals surface area contributed by atoms with Crippen LogP contribution in [0.25, 0.3) is 0 Å². The van der Waals surface area contributed by atoms with Crippen LogP contribution in [-0.4, -0.2) is 35.5 Å². The Labute approximate surface area is 219 Å². The summed E-state index contributed by atoms with van der Waals surface area (Å²) in [5, 5.41) is 16.0. The molecule has 0 aliphatic rings. The number of aliphatic hydroxyl groups excluding tert-OH is 1. The van der Waals surface area contributed by atoms with Crippen molar-refractivity contribution in [1.82, 2.24) is 10.6 Å². The molecule has 7 nitrogen and oxygen atoms in total. The monoisotopic (exact) mass is 503 g/mol. The number of amides is 2. The summed E-state index contributed by atoms with van der Waals surface area (Å²) < 4.78 is 5.85. The molecule has 3 aromatic rings. The number of nitrogens with two attached hydrogens (primary N) is 1. The SMILES string of the molecule is CC(C)CC(N)C(=O)NC(Cc1ccc(OCc2ccccc2)cc1)C(=O)NCC(O)c1ccccc1. The van der Waals surface area contributed by atoms with E-state index in [1.165, 1.54) is 0 Å². The van der Waals surface area contributed by atoms with Gasteiger partial charge in [-0.05, 0) is 41.2 Å². The molecule has 0 bridgehead atoms. The Morgan fingerprint density at radius 3 is 2.11 bits per heavy atom. The molecule has 0 heterocycles. The Hall–Kier alpha value is -3.68. The van der Waals surface area contributed by atoms with Crippen molar-refractivity contribution < 1.29 is 19.4 Å². The summed E-state index contributed by atoms with van der Waals surface area (Å²) >= 11 is 0. The zero-order valence-electron chi connectivity index (χ0n) is 21.5. The highest BCUT2D eigenvalue weighted by Crippen LogP contribution is 2.16. The number of hydrogen-bond acceptors (Lipinski definition) is 5. The Morgan fingerprint density at radius 2 is 1.49 bits per heavy atom. The molecule has 0 fully saturated rings. The number of aliphatic hydroxyl groups is 1. The van der Waals surface area contributed by atoms with Gasteiger partial charge in [0.15, 0.2) is 0 Å². The van der Waals surface area contributed by atoms with Gasteiger partial charge in [0.05, 0.1) is 12.1 Å². The molecule has 0 saturated carbocycles. The molecular weight excluding hydrogens is 466 g/mol. The van der Waals surface area contributed by atoms with E-state index in [1.54, 1.807) is 12.1 Å². The zero-order chi connectivity index (χ0) is 26.6. The average Bonchev–Trinajstić information content (AvgIpc) is 2.91. The highest BCUT2D eigenvalue weighted by molar-refractivity contribution is 5.89. The van der Waals surface area contributed by atoms with Crippen LogP contribution < -0.4 is 21.1 Å². The number of carbonyl (C=O) groups excluding carboxylic acids is 2. The van der Waals surface area contributed by atoms with Crippen LogP contribution in [0.3, 0.4) is 0 Å². The maximum Gasteiger partial charge on any atom is 0.243 e. The smallest absolute Gasteiger partial charge is 0.243 e. The third kappa shape index (κ3) is 9.37. The van der Waals surface area contributed by atoms with Gasteiger partial charge in [-0.3, -0.25) is 9.59 Å². The van der Waals surface area contributed by atoms with Gasteiger partial charge < -0.3 is 26.2 Å². The van der Waals surface area contributed by atoms with Crippen molar-refractivity contribution in [1.29, 1.82) is 0 Å². The number of benzene rings is 3. The summed E-state index contributed by atoms with van der Waals surface area (Å²) in [5.74, 6) is 0.199. The molecular formula is C30H37N3O4. The molecule has 3 aromatic carbocycles. The van der Waals surface area contributed by atoms with E-state index < -0.39 is 18.2 Å². The van der Waals surface area contributed by atoms with E-state index in [4.69, 9.17) is 10.5 Å². The maximum absolute atomic E-state index is 13.1. The molecule has 0 aliphatic heterocycles. The normalized spacial score (nSPS) is 13.4. The molecule has 0 aliphatic carbocycles. The Morgan fingerprint density at radius 1 is 0.865 bits per heavy atom. The van der Waals surface area contributed by atoms with Crippen LogP contribution in [0.2, 0.25) is 0 Å². The highest BCUT2D eigenvalue weighted by atomic mass is 16.5. The lowest BCUT2D eigenvalue weighted by Crippen LogP contribution is -2.53. The van der Waals surface area contributed by atoms with Gasteiger partial charge in [-0.2, -0.15) is 0 Å². The highest BCUT2D eigenvalue weighted by Gasteiger charge is 2.25. The van der Waals surface area contributed by atoms with Crippen molar-refractivity contribution in [2.24, 2.45) is 11.7 Å². The summed E-state index contributed by atoms with van der Waals surface area (Å²) in [6.07, 6.45) is -0.0714. The first-order valence-corrected chi connectivity index (χ1v) is 12.6. The fourth-order valence-electron chi connectivity index (χ4n) is 3.91. The van der Waals surface area contributed by atoms with E-state index in [0.29, 0.717) is 24.3 Å². The zero-order valence-corrected chi connectivity index (χ0v) is 21.5. The predicted octanol–water partition coefficient (Wildman–Crippen LogP) is 3.52. The van der Waals surface area contributed by atoms with E-state index in [2.05, 4.69) is 10.6 Å². The number of nitrogens with one attached hydrogen (secondary N) is 2. The van der Waals surface area contributed by atoms with Crippen molar-refractivity contribution in [3.8, 4) is 5.75 Å². The van der Waals surface area contributed by atoms with Crippen LogP contribution in [0.1, 0.15) is 43.1 Å². The van der Waals surface area contributed by atoms with Crippen LogP contribution in [0, 0.1) is 5.92 Å². The fraction of sp³-hybridized carbons (Fsp3) is 0.333. The second-order valence-corrected chi connectivity index (χ2v) is 9.59. The summed E-state index contributed by atoms with van der Waals surface area (Å²) in [5.41, 5.74) is 8.69. The summed E-state index contributed by atoms with van der Waals surface area (Å²) in [6.45, 7) is 4.46. The quantitative estimate of drug-likeness (QED) is 0.285. The first-order chi connectivity index (χ1) is 17.8. The molecule has 7 heteroatoms. The standard InChI is InChI=1S/C30H37N3O4/c1-21(2)17-26(31)29(35)33-27(30(36)32-19-28(34)24-11-7-4-8-12-24)18-22-13-15-25(16-14-22)37-20-23-9-5-3-6-10-23/h3-16,21,26-28,34H,17-20,31H2,1-2H3,(H,32,36)(H,33,35).